The lowest BCUT2D eigenvalue weighted by Gasteiger charge is -2.33. The van der Waals surface area contributed by atoms with Crippen LogP contribution in [0.1, 0.15) is 20.7 Å². The van der Waals surface area contributed by atoms with Crippen molar-refractivity contribution in [3.63, 3.8) is 0 Å². The van der Waals surface area contributed by atoms with E-state index in [0.29, 0.717) is 16.5 Å². The van der Waals surface area contributed by atoms with E-state index < -0.39 is 11.8 Å². The number of imide groups is 1. The molecule has 6 rings (SSSR count). The standard InChI is InChI=1S/C26H16N2O3S/c29-23(28-19-11-1-3-13-21(19)32-22-14-4-2-12-20(22)28)15-27-25(30)17-9-5-7-16-8-6-10-18(24(16)17)26(27)31/h1-14H,15H2. The molecule has 5 nitrogen and oxygen atoms in total. The van der Waals surface area contributed by atoms with E-state index in [2.05, 4.69) is 0 Å². The third-order valence-electron chi connectivity index (χ3n) is 5.83. The van der Waals surface area contributed by atoms with Gasteiger partial charge in [-0.1, -0.05) is 60.3 Å². The van der Waals surface area contributed by atoms with Crippen molar-refractivity contribution in [2.75, 3.05) is 11.4 Å². The van der Waals surface area contributed by atoms with E-state index in [-0.39, 0.29) is 12.5 Å². The number of carbonyl (C=O) groups is 3. The molecule has 3 amide bonds. The molecular formula is C26H16N2O3S. The maximum absolute atomic E-state index is 13.6. The Morgan fingerprint density at radius 1 is 0.688 bits per heavy atom. The first-order chi connectivity index (χ1) is 15.6. The Morgan fingerprint density at radius 2 is 1.22 bits per heavy atom. The Bertz CT molecular complexity index is 1370. The van der Waals surface area contributed by atoms with Crippen molar-refractivity contribution in [3.8, 4) is 0 Å². The van der Waals surface area contributed by atoms with E-state index in [9.17, 15) is 14.4 Å². The molecule has 0 N–H and O–H groups in total. The van der Waals surface area contributed by atoms with E-state index in [1.54, 1.807) is 40.9 Å². The second-order valence-electron chi connectivity index (χ2n) is 7.67. The van der Waals surface area contributed by atoms with Gasteiger partial charge in [0.15, 0.2) is 0 Å². The summed E-state index contributed by atoms with van der Waals surface area (Å²) in [7, 11) is 0. The average Bonchev–Trinajstić information content (AvgIpc) is 2.83. The van der Waals surface area contributed by atoms with E-state index in [1.165, 1.54) is 0 Å². The average molecular weight is 436 g/mol. The first kappa shape index (κ1) is 18.8. The minimum Gasteiger partial charge on any atom is -0.277 e. The molecule has 0 fully saturated rings. The molecule has 2 heterocycles. The van der Waals surface area contributed by atoms with Crippen molar-refractivity contribution in [1.82, 2.24) is 4.90 Å². The highest BCUT2D eigenvalue weighted by atomic mass is 32.2. The molecule has 6 heteroatoms. The van der Waals surface area contributed by atoms with Gasteiger partial charge in [-0.15, -0.1) is 0 Å². The predicted molar refractivity (Wildman–Crippen MR) is 123 cm³/mol. The van der Waals surface area contributed by atoms with Crippen molar-refractivity contribution in [3.05, 3.63) is 96.1 Å². The summed E-state index contributed by atoms with van der Waals surface area (Å²) in [6.07, 6.45) is 0. The van der Waals surface area contributed by atoms with Gasteiger partial charge in [0, 0.05) is 26.3 Å². The molecule has 0 aromatic heterocycles. The maximum Gasteiger partial charge on any atom is 0.261 e. The highest BCUT2D eigenvalue weighted by molar-refractivity contribution is 7.99. The van der Waals surface area contributed by atoms with Crippen LogP contribution in [0.3, 0.4) is 0 Å². The maximum atomic E-state index is 13.6. The fraction of sp³-hybridized carbons (Fsp3) is 0.0385. The molecule has 0 aliphatic carbocycles. The molecule has 0 saturated heterocycles. The van der Waals surface area contributed by atoms with Gasteiger partial charge in [-0.25, -0.2) is 0 Å². The second kappa shape index (κ2) is 7.07. The topological polar surface area (TPSA) is 57.7 Å². The number of para-hydroxylation sites is 2. The first-order valence-electron chi connectivity index (χ1n) is 10.2. The number of nitrogens with zero attached hydrogens (tertiary/aromatic N) is 2. The summed E-state index contributed by atoms with van der Waals surface area (Å²) in [5.41, 5.74) is 2.39. The zero-order valence-corrected chi connectivity index (χ0v) is 17.6. The molecule has 4 aromatic rings. The molecule has 2 aliphatic heterocycles. The molecule has 0 bridgehead atoms. The lowest BCUT2D eigenvalue weighted by atomic mass is 9.94. The van der Waals surface area contributed by atoms with Crippen LogP contribution < -0.4 is 4.90 Å². The Hall–Kier alpha value is -3.90. The zero-order chi connectivity index (χ0) is 21.8. The summed E-state index contributed by atoms with van der Waals surface area (Å²) in [6.45, 7) is -0.338. The van der Waals surface area contributed by atoms with Crippen molar-refractivity contribution in [1.29, 1.82) is 0 Å². The minimum atomic E-state index is -0.444. The van der Waals surface area contributed by atoms with Gasteiger partial charge in [0.1, 0.15) is 6.54 Å². The van der Waals surface area contributed by atoms with Gasteiger partial charge < -0.3 is 0 Å². The summed E-state index contributed by atoms with van der Waals surface area (Å²) < 4.78 is 0. The molecule has 0 atom stereocenters. The summed E-state index contributed by atoms with van der Waals surface area (Å²) in [5.74, 6) is -1.22. The van der Waals surface area contributed by atoms with Gasteiger partial charge in [-0.3, -0.25) is 24.2 Å². The molecule has 154 valence electrons. The fourth-order valence-corrected chi connectivity index (χ4v) is 5.46. The molecule has 0 unspecified atom stereocenters. The minimum absolute atomic E-state index is 0.335. The summed E-state index contributed by atoms with van der Waals surface area (Å²) in [5, 5.41) is 1.49. The van der Waals surface area contributed by atoms with Crippen molar-refractivity contribution < 1.29 is 14.4 Å². The molecular weight excluding hydrogens is 420 g/mol. The van der Waals surface area contributed by atoms with Gasteiger partial charge in [0.05, 0.1) is 11.4 Å². The molecule has 2 aliphatic rings. The van der Waals surface area contributed by atoms with Crippen LogP contribution in [0.4, 0.5) is 11.4 Å². The molecule has 32 heavy (non-hydrogen) atoms. The molecule has 4 aromatic carbocycles. The first-order valence-corrected chi connectivity index (χ1v) is 11.0. The van der Waals surface area contributed by atoms with E-state index in [4.69, 9.17) is 0 Å². The molecule has 0 radical (unpaired) electrons. The van der Waals surface area contributed by atoms with Crippen LogP contribution in [0.25, 0.3) is 10.8 Å². The third-order valence-corrected chi connectivity index (χ3v) is 6.96. The SMILES string of the molecule is O=C1c2cccc3cccc(c23)C(=O)N1CC(=O)N1c2ccccc2Sc2ccccc21. The number of carbonyl (C=O) groups excluding carboxylic acids is 3. The van der Waals surface area contributed by atoms with Gasteiger partial charge in [0.25, 0.3) is 17.7 Å². The van der Waals surface area contributed by atoms with Crippen LogP contribution in [0.5, 0.6) is 0 Å². The van der Waals surface area contributed by atoms with Crippen molar-refractivity contribution in [2.45, 2.75) is 9.79 Å². The quantitative estimate of drug-likeness (QED) is 0.402. The van der Waals surface area contributed by atoms with Crippen LogP contribution in [-0.2, 0) is 4.79 Å². The zero-order valence-electron chi connectivity index (χ0n) is 16.8. The number of anilines is 2. The second-order valence-corrected chi connectivity index (χ2v) is 8.76. The highest BCUT2D eigenvalue weighted by Gasteiger charge is 2.36. The van der Waals surface area contributed by atoms with Crippen LogP contribution >= 0.6 is 11.8 Å². The lowest BCUT2D eigenvalue weighted by molar-refractivity contribution is -0.118. The number of hydrogen-bond acceptors (Lipinski definition) is 4. The molecule has 0 spiro atoms. The number of rotatable bonds is 2. The van der Waals surface area contributed by atoms with Crippen LogP contribution in [0.2, 0.25) is 0 Å². The third kappa shape index (κ3) is 2.70. The monoisotopic (exact) mass is 436 g/mol. The highest BCUT2D eigenvalue weighted by Crippen LogP contribution is 2.48. The number of hydrogen-bond donors (Lipinski definition) is 0. The largest absolute Gasteiger partial charge is 0.277 e. The van der Waals surface area contributed by atoms with Crippen LogP contribution in [-0.4, -0.2) is 29.2 Å². The van der Waals surface area contributed by atoms with Gasteiger partial charge in [-0.05, 0) is 41.8 Å². The van der Waals surface area contributed by atoms with Crippen LogP contribution in [0.15, 0.2) is 94.7 Å². The van der Waals surface area contributed by atoms with Crippen molar-refractivity contribution >= 4 is 51.6 Å². The summed E-state index contributed by atoms with van der Waals surface area (Å²) in [6, 6.07) is 26.1. The Labute approximate surface area is 188 Å². The van der Waals surface area contributed by atoms with Crippen LogP contribution in [0, 0.1) is 0 Å². The fourth-order valence-electron chi connectivity index (χ4n) is 4.40. The number of amides is 3. The van der Waals surface area contributed by atoms with Gasteiger partial charge in [-0.2, -0.15) is 0 Å². The van der Waals surface area contributed by atoms with Gasteiger partial charge in [0.2, 0.25) is 0 Å². The van der Waals surface area contributed by atoms with E-state index in [1.807, 2.05) is 60.7 Å². The number of benzene rings is 4. The van der Waals surface area contributed by atoms with E-state index >= 15 is 0 Å². The van der Waals surface area contributed by atoms with Gasteiger partial charge >= 0.3 is 0 Å². The van der Waals surface area contributed by atoms with E-state index in [0.717, 1.165) is 31.5 Å². The normalized spacial score (nSPS) is 14.4. The molecule has 0 saturated carbocycles. The lowest BCUT2D eigenvalue weighted by Crippen LogP contribution is -2.46. The van der Waals surface area contributed by atoms with Crippen molar-refractivity contribution in [2.24, 2.45) is 0 Å². The Kier molecular flexibility index (Phi) is 4.16. The Morgan fingerprint density at radius 3 is 1.78 bits per heavy atom. The Balaban J connectivity index is 1.41. The number of fused-ring (bicyclic) bond motifs is 2. The smallest absolute Gasteiger partial charge is 0.261 e. The summed E-state index contributed by atoms with van der Waals surface area (Å²) >= 11 is 1.60. The summed E-state index contributed by atoms with van der Waals surface area (Å²) in [4.78, 5) is 44.7. The predicted octanol–water partition coefficient (Wildman–Crippen LogP) is 5.27.